The van der Waals surface area contributed by atoms with Crippen molar-refractivity contribution in [3.8, 4) is 11.5 Å². The Morgan fingerprint density at radius 1 is 1.10 bits per heavy atom. The van der Waals surface area contributed by atoms with Crippen LogP contribution in [0.25, 0.3) is 10.9 Å². The zero-order valence-electron chi connectivity index (χ0n) is 11.1. The lowest BCUT2D eigenvalue weighted by molar-refractivity contribution is 0.0324. The summed E-state index contributed by atoms with van der Waals surface area (Å²) in [6.07, 6.45) is 1.65. The smallest absolute Gasteiger partial charge is 0.202 e. The summed E-state index contributed by atoms with van der Waals surface area (Å²) in [5, 5.41) is 0.535. The number of H-pyrrole nitrogens is 1. The van der Waals surface area contributed by atoms with Gasteiger partial charge in [0, 0.05) is 26.5 Å². The average Bonchev–Trinajstić information content (AvgIpc) is 2.47. The van der Waals surface area contributed by atoms with Crippen molar-refractivity contribution >= 4 is 33.5 Å². The largest absolute Gasteiger partial charge is 0.464 e. The first-order valence-corrected chi connectivity index (χ1v) is 6.83. The molecule has 1 aromatic heterocycles. The van der Waals surface area contributed by atoms with E-state index in [9.17, 15) is 4.79 Å². The standard InChI is InChI=1S/C13H14INO5/c1-17-6-19-11-3-8-10(4-12(11)20-7-18-2)15-5-9(14)13(8)16/h3-5H,6-7H2,1-2H3,(H,15,16). The molecule has 1 N–H and O–H groups in total. The predicted octanol–water partition coefficient (Wildman–Crippen LogP) is 2.10. The van der Waals surface area contributed by atoms with Gasteiger partial charge in [-0.3, -0.25) is 4.79 Å². The van der Waals surface area contributed by atoms with Crippen LogP contribution in [0.5, 0.6) is 11.5 Å². The molecule has 108 valence electrons. The van der Waals surface area contributed by atoms with Crippen LogP contribution < -0.4 is 14.9 Å². The highest BCUT2D eigenvalue weighted by Crippen LogP contribution is 2.31. The maximum Gasteiger partial charge on any atom is 0.202 e. The van der Waals surface area contributed by atoms with Crippen molar-refractivity contribution in [1.29, 1.82) is 0 Å². The van der Waals surface area contributed by atoms with Gasteiger partial charge in [0.2, 0.25) is 5.43 Å². The summed E-state index contributed by atoms with van der Waals surface area (Å²) < 4.78 is 21.2. The van der Waals surface area contributed by atoms with Gasteiger partial charge in [0.1, 0.15) is 0 Å². The van der Waals surface area contributed by atoms with Crippen molar-refractivity contribution in [2.75, 3.05) is 27.8 Å². The Hall–Kier alpha value is -1.32. The highest BCUT2D eigenvalue weighted by molar-refractivity contribution is 14.1. The summed E-state index contributed by atoms with van der Waals surface area (Å²) in [5.74, 6) is 0.914. The minimum Gasteiger partial charge on any atom is -0.464 e. The van der Waals surface area contributed by atoms with E-state index >= 15 is 0 Å². The van der Waals surface area contributed by atoms with Crippen molar-refractivity contribution < 1.29 is 18.9 Å². The molecule has 7 heteroatoms. The van der Waals surface area contributed by atoms with Crippen LogP contribution in [0.1, 0.15) is 0 Å². The topological polar surface area (TPSA) is 69.8 Å². The molecule has 0 aliphatic carbocycles. The number of ether oxygens (including phenoxy) is 4. The van der Waals surface area contributed by atoms with Crippen LogP contribution in [-0.2, 0) is 9.47 Å². The van der Waals surface area contributed by atoms with E-state index in [0.717, 1.165) is 0 Å². The lowest BCUT2D eigenvalue weighted by Gasteiger charge is -2.13. The Balaban J connectivity index is 2.52. The van der Waals surface area contributed by atoms with E-state index in [0.29, 0.717) is 26.0 Å². The van der Waals surface area contributed by atoms with E-state index in [1.807, 2.05) is 22.6 Å². The molecule has 6 nitrogen and oxygen atoms in total. The number of aromatic nitrogens is 1. The normalized spacial score (nSPS) is 10.8. The Labute approximate surface area is 129 Å². The molecule has 0 fully saturated rings. The van der Waals surface area contributed by atoms with Gasteiger partial charge in [-0.25, -0.2) is 0 Å². The van der Waals surface area contributed by atoms with E-state index in [4.69, 9.17) is 18.9 Å². The molecule has 0 unspecified atom stereocenters. The van der Waals surface area contributed by atoms with E-state index in [-0.39, 0.29) is 19.0 Å². The van der Waals surface area contributed by atoms with E-state index in [1.165, 1.54) is 14.2 Å². The van der Waals surface area contributed by atoms with Crippen molar-refractivity contribution in [3.63, 3.8) is 0 Å². The summed E-state index contributed by atoms with van der Waals surface area (Å²) in [6, 6.07) is 3.34. The molecular formula is C13H14INO5. The number of nitrogens with one attached hydrogen (secondary N) is 1. The minimum atomic E-state index is -0.0556. The van der Waals surface area contributed by atoms with Crippen LogP contribution >= 0.6 is 22.6 Å². The number of hydrogen-bond acceptors (Lipinski definition) is 5. The lowest BCUT2D eigenvalue weighted by Crippen LogP contribution is -2.09. The fraction of sp³-hybridized carbons (Fsp3) is 0.308. The van der Waals surface area contributed by atoms with Crippen molar-refractivity contribution in [2.24, 2.45) is 0 Å². The number of aromatic amines is 1. The number of rotatable bonds is 6. The predicted molar refractivity (Wildman–Crippen MR) is 82.3 cm³/mol. The molecule has 0 atom stereocenters. The molecule has 0 saturated carbocycles. The Morgan fingerprint density at radius 2 is 1.70 bits per heavy atom. The summed E-state index contributed by atoms with van der Waals surface area (Å²) in [7, 11) is 3.05. The Kier molecular flexibility index (Phi) is 5.21. The minimum absolute atomic E-state index is 0.0556. The number of benzene rings is 1. The molecule has 2 aromatic rings. The lowest BCUT2D eigenvalue weighted by atomic mass is 10.2. The second kappa shape index (κ2) is 6.91. The van der Waals surface area contributed by atoms with Gasteiger partial charge in [-0.1, -0.05) is 0 Å². The highest BCUT2D eigenvalue weighted by atomic mass is 127. The fourth-order valence-electron chi connectivity index (χ4n) is 1.67. The Morgan fingerprint density at radius 3 is 2.30 bits per heavy atom. The van der Waals surface area contributed by atoms with Crippen molar-refractivity contribution in [3.05, 3.63) is 32.1 Å². The van der Waals surface area contributed by atoms with Crippen LogP contribution in [0.3, 0.4) is 0 Å². The van der Waals surface area contributed by atoms with Gasteiger partial charge in [-0.15, -0.1) is 0 Å². The van der Waals surface area contributed by atoms with Crippen LogP contribution in [0.15, 0.2) is 23.1 Å². The molecule has 1 aromatic carbocycles. The molecule has 0 aliphatic heterocycles. The van der Waals surface area contributed by atoms with Crippen molar-refractivity contribution in [2.45, 2.75) is 0 Å². The summed E-state index contributed by atoms with van der Waals surface area (Å²) >= 11 is 1.98. The Bertz CT molecular complexity index is 655. The van der Waals surface area contributed by atoms with Gasteiger partial charge in [0.25, 0.3) is 0 Å². The second-order valence-corrected chi connectivity index (χ2v) is 5.07. The third-order valence-corrected chi connectivity index (χ3v) is 3.37. The monoisotopic (exact) mass is 391 g/mol. The molecule has 1 heterocycles. The number of halogens is 1. The quantitative estimate of drug-likeness (QED) is 0.604. The molecule has 0 radical (unpaired) electrons. The fourth-order valence-corrected chi connectivity index (χ4v) is 2.12. The van der Waals surface area contributed by atoms with E-state index in [1.54, 1.807) is 18.3 Å². The van der Waals surface area contributed by atoms with Gasteiger partial charge in [0.15, 0.2) is 25.1 Å². The maximum absolute atomic E-state index is 12.1. The maximum atomic E-state index is 12.1. The molecule has 0 saturated heterocycles. The molecule has 20 heavy (non-hydrogen) atoms. The summed E-state index contributed by atoms with van der Waals surface area (Å²) in [4.78, 5) is 15.1. The first kappa shape index (κ1) is 15.1. The van der Waals surface area contributed by atoms with Crippen LogP contribution in [0, 0.1) is 3.57 Å². The van der Waals surface area contributed by atoms with Gasteiger partial charge in [-0.2, -0.15) is 0 Å². The number of pyridine rings is 1. The molecule has 0 aliphatic rings. The average molecular weight is 391 g/mol. The zero-order valence-corrected chi connectivity index (χ0v) is 13.2. The van der Waals surface area contributed by atoms with E-state index < -0.39 is 0 Å². The molecule has 0 spiro atoms. The first-order valence-electron chi connectivity index (χ1n) is 5.75. The SMILES string of the molecule is COCOc1cc2[nH]cc(I)c(=O)c2cc1OCOC. The second-order valence-electron chi connectivity index (χ2n) is 3.91. The van der Waals surface area contributed by atoms with Gasteiger partial charge in [0.05, 0.1) is 14.5 Å². The number of hydrogen-bond donors (Lipinski definition) is 1. The zero-order chi connectivity index (χ0) is 14.5. The third-order valence-electron chi connectivity index (χ3n) is 2.56. The van der Waals surface area contributed by atoms with Gasteiger partial charge >= 0.3 is 0 Å². The molecule has 2 rings (SSSR count). The van der Waals surface area contributed by atoms with Gasteiger partial charge < -0.3 is 23.9 Å². The summed E-state index contributed by atoms with van der Waals surface area (Å²) in [5.41, 5.74) is 0.617. The van der Waals surface area contributed by atoms with Crippen LogP contribution in [-0.4, -0.2) is 32.8 Å². The molecule has 0 bridgehead atoms. The highest BCUT2D eigenvalue weighted by Gasteiger charge is 2.11. The summed E-state index contributed by atoms with van der Waals surface area (Å²) in [6.45, 7) is 0.153. The molecular weight excluding hydrogens is 377 g/mol. The third kappa shape index (κ3) is 3.22. The number of methoxy groups -OCH3 is 2. The van der Waals surface area contributed by atoms with E-state index in [2.05, 4.69) is 4.98 Å². The van der Waals surface area contributed by atoms with Gasteiger partial charge in [-0.05, 0) is 28.7 Å². The molecule has 0 amide bonds. The van der Waals surface area contributed by atoms with Crippen molar-refractivity contribution in [1.82, 2.24) is 4.98 Å². The first-order chi connectivity index (χ1) is 9.67. The number of fused-ring (bicyclic) bond motifs is 1. The van der Waals surface area contributed by atoms with Crippen LogP contribution in [0.2, 0.25) is 0 Å². The van der Waals surface area contributed by atoms with Crippen LogP contribution in [0.4, 0.5) is 0 Å².